The zero-order chi connectivity index (χ0) is 78.6. The van der Waals surface area contributed by atoms with E-state index in [0.717, 1.165) is 91.4 Å². The molecular weight excluding hydrogens is 1350 g/mol. The Morgan fingerprint density at radius 3 is 1.20 bits per heavy atom. The average Bonchev–Trinajstić information content (AvgIpc) is 1.56. The lowest BCUT2D eigenvalue weighted by Crippen LogP contribution is -2.32. The molecule has 105 heavy (non-hydrogen) atoms. The van der Waals surface area contributed by atoms with Crippen LogP contribution in [0.4, 0.5) is 74.4 Å². The number of aryl methyl sites for hydroxylation is 5. The van der Waals surface area contributed by atoms with Crippen molar-refractivity contribution in [1.82, 2.24) is 24.8 Å². The molecule has 3 aromatic heterocycles. The number of carbonyl (C=O) groups excluding carboxylic acids is 2. The molecule has 5 N–H and O–H groups in total. The fourth-order valence-corrected chi connectivity index (χ4v) is 11.3. The summed E-state index contributed by atoms with van der Waals surface area (Å²) in [6, 6.07) is 29.8. The van der Waals surface area contributed by atoms with Crippen LogP contribution in [-0.2, 0) is 54.8 Å². The maximum absolute atomic E-state index is 14.8. The number of aromatic amines is 1. The summed E-state index contributed by atoms with van der Waals surface area (Å²) in [5.74, 6) is -1.03. The number of H-pyrrole nitrogens is 1. The van der Waals surface area contributed by atoms with E-state index in [4.69, 9.17) is 56.0 Å². The number of carbonyl (C=O) groups is 2. The van der Waals surface area contributed by atoms with E-state index in [2.05, 4.69) is 44.7 Å². The smallest absolute Gasteiger partial charge is 0.407 e. The van der Waals surface area contributed by atoms with Crippen LogP contribution in [0.15, 0.2) is 109 Å². The third-order valence-corrected chi connectivity index (χ3v) is 16.4. The molecule has 0 saturated heterocycles. The molecule has 0 aliphatic carbocycles. The van der Waals surface area contributed by atoms with Gasteiger partial charge in [0.15, 0.2) is 17.1 Å². The normalized spacial score (nSPS) is 10.8. The summed E-state index contributed by atoms with van der Waals surface area (Å²) in [5, 5.41) is 5.11. The van der Waals surface area contributed by atoms with Gasteiger partial charge in [-0.1, -0.05) is 105 Å². The Morgan fingerprint density at radius 2 is 0.867 bits per heavy atom. The number of ether oxygens (including phenoxy) is 2. The predicted octanol–water partition coefficient (Wildman–Crippen LogP) is 23.3. The molecule has 3 heterocycles. The third kappa shape index (κ3) is 22.1. The summed E-state index contributed by atoms with van der Waals surface area (Å²) >= 11 is 0. The summed E-state index contributed by atoms with van der Waals surface area (Å²) in [5.41, 5.74) is 20.1. The molecule has 0 saturated carbocycles. The molecule has 548 valence electrons. The minimum atomic E-state index is -4.60. The van der Waals surface area contributed by atoms with E-state index in [9.17, 15) is 40.3 Å². The zero-order valence-corrected chi connectivity index (χ0v) is 60.8. The van der Waals surface area contributed by atoms with Crippen molar-refractivity contribution in [2.75, 3.05) is 7.15 Å². The van der Waals surface area contributed by atoms with E-state index in [-0.39, 0.29) is 44.3 Å². The van der Waals surface area contributed by atoms with Crippen LogP contribution >= 0.6 is 0 Å². The van der Waals surface area contributed by atoms with Gasteiger partial charge in [0.2, 0.25) is 17.1 Å². The Balaban J connectivity index is 0.000000303. The first-order valence-electron chi connectivity index (χ1n) is 33.2. The van der Waals surface area contributed by atoms with Crippen LogP contribution in [0.25, 0.3) is 62.5 Å². The summed E-state index contributed by atoms with van der Waals surface area (Å²) in [7, 11) is -1.00. The van der Waals surface area contributed by atoms with Crippen LogP contribution in [0.1, 0.15) is 141 Å². The first-order chi connectivity index (χ1) is 49.4. The lowest BCUT2D eigenvalue weighted by atomic mass is 10.0. The Morgan fingerprint density at radius 1 is 0.505 bits per heavy atom. The highest BCUT2D eigenvalue weighted by Crippen LogP contribution is 2.45. The van der Waals surface area contributed by atoms with Crippen LogP contribution < -0.4 is 16.4 Å². The minimum absolute atomic E-state index is 0. The SMILES string of the molecule is C.CCc1ccc(CNC(=O)OC(C)(C)C)c(F)c1.[2H]CF.[C-]#[N+]c1ccc(-c2c(C)[nH]c(C)c2[N+]#[C-])cc1C(F)(F)F.[C-]#[N+]c1ccc(-c2c([N+]#[C-])c(C)n(Cc3ccc(CN)c(F)c3)c2C)cc1C.[C-]#[N+]c1ccc(-c2c([N+]#[C-])c(C)n(Cc3ccc(CNC(=O)OC(C)(C)C)c(F)c3)c2C)cc1C. The molecule has 16 nitrogen and oxygen atoms in total. The Hall–Kier alpha value is -11.9. The van der Waals surface area contributed by atoms with Gasteiger partial charge in [0.25, 0.3) is 0 Å². The van der Waals surface area contributed by atoms with E-state index >= 15 is 0 Å². The van der Waals surface area contributed by atoms with Crippen molar-refractivity contribution < 1.29 is 51.2 Å². The number of halogens is 7. The molecule has 0 aliphatic heterocycles. The lowest BCUT2D eigenvalue weighted by molar-refractivity contribution is -0.136. The quantitative estimate of drug-likeness (QED) is 0.0668. The van der Waals surface area contributed by atoms with Crippen LogP contribution in [0.2, 0.25) is 0 Å². The number of nitrogens with one attached hydrogen (secondary N) is 3. The van der Waals surface area contributed by atoms with Gasteiger partial charge in [0, 0.05) is 100 Å². The maximum Gasteiger partial charge on any atom is 0.407 e. The molecule has 23 heteroatoms. The van der Waals surface area contributed by atoms with Crippen LogP contribution in [0.3, 0.4) is 0 Å². The summed E-state index contributed by atoms with van der Waals surface area (Å²) in [4.78, 5) is 47.1. The molecule has 0 fully saturated rings. The van der Waals surface area contributed by atoms with Crippen molar-refractivity contribution in [1.29, 1.82) is 0 Å². The predicted molar refractivity (Wildman–Crippen MR) is 401 cm³/mol. The maximum atomic E-state index is 14.8. The number of alkyl carbamates (subject to hydrolysis) is 2. The number of hydrogen-bond donors (Lipinski definition) is 4. The largest absolute Gasteiger partial charge is 0.444 e. The number of nitrogens with two attached hydrogens (primary N) is 1. The van der Waals surface area contributed by atoms with Gasteiger partial charge in [-0.15, -0.1) is 0 Å². The van der Waals surface area contributed by atoms with Gasteiger partial charge < -0.3 is 40.0 Å². The number of hydrogen-bond acceptors (Lipinski definition) is 5. The highest BCUT2D eigenvalue weighted by atomic mass is 19.4. The van der Waals surface area contributed by atoms with Gasteiger partial charge in [-0.3, -0.25) is 4.39 Å². The summed E-state index contributed by atoms with van der Waals surface area (Å²) in [6.45, 7) is 72.6. The molecule has 0 spiro atoms. The topological polar surface area (TPSA) is 154 Å². The van der Waals surface area contributed by atoms with Gasteiger partial charge in [-0.05, 0) is 166 Å². The summed E-state index contributed by atoms with van der Waals surface area (Å²) < 4.78 is 111. The molecule has 0 unspecified atom stereocenters. The highest BCUT2D eigenvalue weighted by Gasteiger charge is 2.34. The number of aromatic nitrogens is 3. The van der Waals surface area contributed by atoms with Crippen molar-refractivity contribution in [3.8, 4) is 33.4 Å². The van der Waals surface area contributed by atoms with Crippen molar-refractivity contribution in [2.45, 2.75) is 168 Å². The number of benzene rings is 6. The van der Waals surface area contributed by atoms with E-state index in [1.54, 1.807) is 85.7 Å². The number of rotatable bonds is 13. The average molecular weight is 1440 g/mol. The minimum Gasteiger partial charge on any atom is -0.444 e. The Kier molecular flexibility index (Phi) is 29.8. The summed E-state index contributed by atoms with van der Waals surface area (Å²) in [6.07, 6.45) is -4.95. The Labute approximate surface area is 613 Å². The number of nitrogens with zero attached hydrogens (tertiary/aromatic N) is 8. The highest BCUT2D eigenvalue weighted by molar-refractivity contribution is 5.87. The lowest BCUT2D eigenvalue weighted by Gasteiger charge is -2.19. The molecular formula is C82H87F7N12O4. The first kappa shape index (κ1) is 83.8. The van der Waals surface area contributed by atoms with E-state index in [0.29, 0.717) is 75.2 Å². The van der Waals surface area contributed by atoms with Crippen molar-refractivity contribution >= 4 is 46.3 Å². The van der Waals surface area contributed by atoms with E-state index < -0.39 is 53.8 Å². The second-order valence-electron chi connectivity index (χ2n) is 26.0. The fourth-order valence-electron chi connectivity index (χ4n) is 11.3. The van der Waals surface area contributed by atoms with Crippen LogP contribution in [-0.4, -0.2) is 44.7 Å². The molecule has 0 atom stereocenters. The van der Waals surface area contributed by atoms with Crippen molar-refractivity contribution in [2.24, 2.45) is 5.73 Å². The standard InChI is InChI=1S/C28H29FN4O2.C23H21FN4.C15H10F3N3.C14H20FNO2.CH3F.CH4/c1-17-13-21(11-12-24(17)30-7)25-18(2)33(19(3)26(25)31-8)16-20-9-10-22(23(29)14-20)15-32-27(34)35-28(4,5)6;1-14-10-18(8-9-21(14)26-4)22-15(2)28(16(3)23(22)27-5)13-17-6-7-19(12-25)20(24)11-17;1-8-13(14(20-4)9(2)21-8)10-5-6-12(19-3)11(7-10)15(16,17)18;1-5-10-6-7-11(12(15)8-10)9-16-13(17)18-14(2,3)4;1-2;/h9-14H,15-16H2,1-6H3,(H,32,34);6-11H,12-13,25H2,1-3H3;5-7,21H,1-2H3;6-8H,5,9H2,1-4H3,(H,16,17);1H3;1H4/i;;;;1D;. The van der Waals surface area contributed by atoms with E-state index in [1.165, 1.54) is 24.3 Å². The van der Waals surface area contributed by atoms with Gasteiger partial charge in [0.05, 0.1) is 53.5 Å². The molecule has 2 amide bonds. The van der Waals surface area contributed by atoms with Crippen LogP contribution in [0, 0.1) is 112 Å². The van der Waals surface area contributed by atoms with Crippen molar-refractivity contribution in [3.05, 3.63) is 279 Å². The molecule has 0 bridgehead atoms. The van der Waals surface area contributed by atoms with Gasteiger partial charge in [-0.25, -0.2) is 51.8 Å². The number of alkyl halides is 4. The van der Waals surface area contributed by atoms with Crippen LogP contribution in [0.5, 0.6) is 0 Å². The second kappa shape index (κ2) is 37.3. The third-order valence-electron chi connectivity index (χ3n) is 16.4. The van der Waals surface area contributed by atoms with Gasteiger partial charge in [-0.2, -0.15) is 13.2 Å². The fraction of sp³-hybridized carbons (Fsp3) is 0.317. The monoisotopic (exact) mass is 1440 g/mol. The molecule has 9 rings (SSSR count). The number of amides is 2. The second-order valence-corrected chi connectivity index (χ2v) is 26.0. The Bertz CT molecular complexity index is 4930. The molecule has 6 aromatic carbocycles. The van der Waals surface area contributed by atoms with Crippen molar-refractivity contribution in [3.63, 3.8) is 0 Å². The zero-order valence-electron chi connectivity index (χ0n) is 61.8. The molecule has 9 aromatic rings. The molecule has 0 radical (unpaired) electrons. The van der Waals surface area contributed by atoms with E-state index in [1.807, 2.05) is 100 Å². The first-order valence-corrected chi connectivity index (χ1v) is 32.5. The molecule has 0 aliphatic rings. The van der Waals surface area contributed by atoms with Gasteiger partial charge in [0.1, 0.15) is 28.7 Å². The van der Waals surface area contributed by atoms with Gasteiger partial charge >= 0.3 is 18.4 Å².